The van der Waals surface area contributed by atoms with Gasteiger partial charge in [-0.15, -0.1) is 0 Å². The summed E-state index contributed by atoms with van der Waals surface area (Å²) in [5.74, 6) is 0.859. The normalized spacial score (nSPS) is 11.0. The second kappa shape index (κ2) is 8.98. The maximum Gasteiger partial charge on any atom is 0.119 e. The zero-order valence-corrected chi connectivity index (χ0v) is 13.5. The number of aryl methyl sites for hydroxylation is 1. The molecule has 0 unspecified atom stereocenters. The summed E-state index contributed by atoms with van der Waals surface area (Å²) in [5, 5.41) is 8.53. The smallest absolute Gasteiger partial charge is 0.119 e. The van der Waals surface area contributed by atoms with Crippen LogP contribution in [0.3, 0.4) is 0 Å². The zero-order chi connectivity index (χ0) is 15.6. The van der Waals surface area contributed by atoms with Crippen molar-refractivity contribution in [1.29, 1.82) is 0 Å². The first-order valence-electron chi connectivity index (χ1n) is 8.05. The summed E-state index contributed by atoms with van der Waals surface area (Å²) in [6.07, 6.45) is 4.95. The number of rotatable bonds is 8. The summed E-state index contributed by atoms with van der Waals surface area (Å²) in [6.45, 7) is 4.87. The molecule has 0 aliphatic rings. The Morgan fingerprint density at radius 3 is 1.91 bits per heavy atom. The van der Waals surface area contributed by atoms with Crippen LogP contribution in [-0.4, -0.2) is 6.61 Å². The van der Waals surface area contributed by atoms with E-state index in [2.05, 4.69) is 29.3 Å². The molecule has 3 heteroatoms. The predicted molar refractivity (Wildman–Crippen MR) is 91.5 cm³/mol. The van der Waals surface area contributed by atoms with Gasteiger partial charge in [0.1, 0.15) is 5.75 Å². The van der Waals surface area contributed by atoms with Gasteiger partial charge in [0.25, 0.3) is 0 Å². The van der Waals surface area contributed by atoms with Gasteiger partial charge in [0, 0.05) is 0 Å². The van der Waals surface area contributed by atoms with Crippen molar-refractivity contribution in [3.63, 3.8) is 0 Å². The first kappa shape index (κ1) is 16.2. The molecular weight excluding hydrogens is 272 g/mol. The lowest BCUT2D eigenvalue weighted by Gasteiger charge is -2.02. The van der Waals surface area contributed by atoms with E-state index in [-0.39, 0.29) is 0 Å². The molecule has 2 aromatic carbocycles. The first-order chi connectivity index (χ1) is 10.8. The molecule has 2 aromatic rings. The second-order valence-corrected chi connectivity index (χ2v) is 5.25. The van der Waals surface area contributed by atoms with E-state index in [9.17, 15) is 0 Å². The molecular formula is C19H24N2O. The number of azo groups is 1. The summed E-state index contributed by atoms with van der Waals surface area (Å²) >= 11 is 0. The van der Waals surface area contributed by atoms with E-state index in [1.165, 1.54) is 24.8 Å². The monoisotopic (exact) mass is 296 g/mol. The largest absolute Gasteiger partial charge is 0.494 e. The number of nitrogens with zero attached hydrogens (tertiary/aromatic N) is 2. The van der Waals surface area contributed by atoms with Crippen LogP contribution in [0.4, 0.5) is 11.4 Å². The van der Waals surface area contributed by atoms with Crippen molar-refractivity contribution in [1.82, 2.24) is 0 Å². The van der Waals surface area contributed by atoms with Gasteiger partial charge in [-0.05, 0) is 61.7 Å². The van der Waals surface area contributed by atoms with Crippen LogP contribution in [0.1, 0.15) is 38.7 Å². The Morgan fingerprint density at radius 1 is 0.773 bits per heavy atom. The molecule has 0 amide bonds. The van der Waals surface area contributed by atoms with Crippen molar-refractivity contribution < 1.29 is 4.74 Å². The van der Waals surface area contributed by atoms with Crippen LogP contribution < -0.4 is 4.74 Å². The number of hydrogen-bond acceptors (Lipinski definition) is 3. The summed E-state index contributed by atoms with van der Waals surface area (Å²) in [6, 6.07) is 16.0. The average molecular weight is 296 g/mol. The van der Waals surface area contributed by atoms with Crippen molar-refractivity contribution in [2.75, 3.05) is 6.61 Å². The third kappa shape index (κ3) is 5.32. The van der Waals surface area contributed by atoms with E-state index in [0.717, 1.165) is 23.5 Å². The molecule has 0 N–H and O–H groups in total. The number of benzene rings is 2. The van der Waals surface area contributed by atoms with Crippen molar-refractivity contribution in [3.05, 3.63) is 54.1 Å². The van der Waals surface area contributed by atoms with Gasteiger partial charge >= 0.3 is 0 Å². The molecule has 0 saturated carbocycles. The fourth-order valence-electron chi connectivity index (χ4n) is 2.20. The average Bonchev–Trinajstić information content (AvgIpc) is 2.56. The Balaban J connectivity index is 1.92. The lowest BCUT2D eigenvalue weighted by molar-refractivity contribution is 0.340. The summed E-state index contributed by atoms with van der Waals surface area (Å²) in [5.41, 5.74) is 3.08. The Hall–Kier alpha value is -2.16. The van der Waals surface area contributed by atoms with E-state index in [0.29, 0.717) is 6.61 Å². The van der Waals surface area contributed by atoms with E-state index in [1.54, 1.807) is 0 Å². The van der Waals surface area contributed by atoms with Gasteiger partial charge in [-0.2, -0.15) is 10.2 Å². The third-order valence-electron chi connectivity index (χ3n) is 3.43. The van der Waals surface area contributed by atoms with E-state index < -0.39 is 0 Å². The molecule has 0 aliphatic carbocycles. The predicted octanol–water partition coefficient (Wildman–Crippen LogP) is 6.23. The molecule has 0 saturated heterocycles. The quantitative estimate of drug-likeness (QED) is 0.419. The molecule has 0 bridgehead atoms. The Labute approximate surface area is 133 Å². The maximum absolute atomic E-state index is 5.40. The fraction of sp³-hybridized carbons (Fsp3) is 0.368. The molecule has 0 heterocycles. The van der Waals surface area contributed by atoms with Crippen LogP contribution in [0.2, 0.25) is 0 Å². The van der Waals surface area contributed by atoms with Gasteiger partial charge in [-0.1, -0.05) is 31.9 Å². The minimum absolute atomic E-state index is 0.672. The first-order valence-corrected chi connectivity index (χ1v) is 8.05. The van der Waals surface area contributed by atoms with Crippen molar-refractivity contribution in [3.8, 4) is 5.75 Å². The van der Waals surface area contributed by atoms with Gasteiger partial charge in [0.05, 0.1) is 18.0 Å². The minimum Gasteiger partial charge on any atom is -0.494 e. The van der Waals surface area contributed by atoms with Gasteiger partial charge in [0.15, 0.2) is 0 Å². The lowest BCUT2D eigenvalue weighted by atomic mass is 10.1. The minimum atomic E-state index is 0.672. The number of hydrogen-bond donors (Lipinski definition) is 0. The summed E-state index contributed by atoms with van der Waals surface area (Å²) in [4.78, 5) is 0. The van der Waals surface area contributed by atoms with Crippen molar-refractivity contribution >= 4 is 11.4 Å². The number of unbranched alkanes of at least 4 members (excludes halogenated alkanes) is 2. The molecule has 116 valence electrons. The second-order valence-electron chi connectivity index (χ2n) is 5.25. The molecule has 22 heavy (non-hydrogen) atoms. The molecule has 2 rings (SSSR count). The SMILES string of the molecule is CCCCCc1ccc(/N=N/c2ccc(OCC)cc2)cc1. The van der Waals surface area contributed by atoms with Crippen LogP contribution in [-0.2, 0) is 6.42 Å². The van der Waals surface area contributed by atoms with Crippen LogP contribution >= 0.6 is 0 Å². The molecule has 0 radical (unpaired) electrons. The highest BCUT2D eigenvalue weighted by Crippen LogP contribution is 2.21. The Morgan fingerprint density at radius 2 is 1.36 bits per heavy atom. The zero-order valence-electron chi connectivity index (χ0n) is 13.5. The van der Waals surface area contributed by atoms with Crippen LogP contribution in [0.15, 0.2) is 58.8 Å². The molecule has 0 aliphatic heterocycles. The van der Waals surface area contributed by atoms with Crippen LogP contribution in [0.25, 0.3) is 0 Å². The Kier molecular flexibility index (Phi) is 6.62. The molecule has 3 nitrogen and oxygen atoms in total. The lowest BCUT2D eigenvalue weighted by Crippen LogP contribution is -1.89. The number of ether oxygens (including phenoxy) is 1. The highest BCUT2D eigenvalue weighted by molar-refractivity contribution is 5.43. The molecule has 0 aromatic heterocycles. The van der Waals surface area contributed by atoms with Crippen molar-refractivity contribution in [2.45, 2.75) is 39.5 Å². The highest BCUT2D eigenvalue weighted by atomic mass is 16.5. The fourth-order valence-corrected chi connectivity index (χ4v) is 2.20. The summed E-state index contributed by atoms with van der Waals surface area (Å²) < 4.78 is 5.40. The summed E-state index contributed by atoms with van der Waals surface area (Å²) in [7, 11) is 0. The standard InChI is InChI=1S/C19H24N2O/c1-3-5-6-7-16-8-10-17(11-9-16)20-21-18-12-14-19(15-13-18)22-4-2/h8-15H,3-7H2,1-2H3/b21-20+. The molecule has 0 spiro atoms. The van der Waals surface area contributed by atoms with E-state index in [1.807, 2.05) is 43.3 Å². The van der Waals surface area contributed by atoms with Crippen LogP contribution in [0.5, 0.6) is 5.75 Å². The molecule has 0 atom stereocenters. The Bertz CT molecular complexity index is 573. The van der Waals surface area contributed by atoms with Gasteiger partial charge in [-0.25, -0.2) is 0 Å². The van der Waals surface area contributed by atoms with Gasteiger partial charge in [0.2, 0.25) is 0 Å². The van der Waals surface area contributed by atoms with Gasteiger partial charge in [-0.3, -0.25) is 0 Å². The highest BCUT2D eigenvalue weighted by Gasteiger charge is 1.96. The van der Waals surface area contributed by atoms with E-state index in [4.69, 9.17) is 4.74 Å². The maximum atomic E-state index is 5.40. The van der Waals surface area contributed by atoms with Gasteiger partial charge < -0.3 is 4.74 Å². The van der Waals surface area contributed by atoms with Crippen LogP contribution in [0, 0.1) is 0 Å². The van der Waals surface area contributed by atoms with E-state index >= 15 is 0 Å². The van der Waals surface area contributed by atoms with Crippen molar-refractivity contribution in [2.24, 2.45) is 10.2 Å². The third-order valence-corrected chi connectivity index (χ3v) is 3.43. The topological polar surface area (TPSA) is 34.0 Å². The molecule has 0 fully saturated rings.